The smallest absolute Gasteiger partial charge is 0.255 e. The highest BCUT2D eigenvalue weighted by Gasteiger charge is 2.12. The fourth-order valence-corrected chi connectivity index (χ4v) is 2.49. The Hall–Kier alpha value is -2.82. The van der Waals surface area contributed by atoms with Crippen LogP contribution in [0.25, 0.3) is 5.65 Å². The summed E-state index contributed by atoms with van der Waals surface area (Å²) in [4.78, 5) is 16.9. The molecule has 1 N–H and O–H groups in total. The number of fused-ring (bicyclic) bond motifs is 1. The minimum atomic E-state index is -0.164. The molecule has 5 heteroatoms. The Bertz CT molecular complexity index is 839. The average molecular weight is 309 g/mol. The van der Waals surface area contributed by atoms with Gasteiger partial charge in [0.15, 0.2) is 0 Å². The van der Waals surface area contributed by atoms with Crippen molar-refractivity contribution in [3.8, 4) is 5.75 Å². The number of carbonyl (C=O) groups is 1. The van der Waals surface area contributed by atoms with E-state index in [2.05, 4.69) is 10.3 Å². The molecule has 23 heavy (non-hydrogen) atoms. The second-order valence-electron chi connectivity index (χ2n) is 5.27. The van der Waals surface area contributed by atoms with E-state index in [4.69, 9.17) is 4.74 Å². The lowest BCUT2D eigenvalue weighted by molar-refractivity contribution is 0.0946. The van der Waals surface area contributed by atoms with E-state index in [1.54, 1.807) is 12.1 Å². The van der Waals surface area contributed by atoms with Gasteiger partial charge < -0.3 is 14.5 Å². The van der Waals surface area contributed by atoms with E-state index in [0.29, 0.717) is 24.5 Å². The zero-order chi connectivity index (χ0) is 16.2. The fourth-order valence-electron chi connectivity index (χ4n) is 2.49. The number of hydrogen-bond donors (Lipinski definition) is 1. The summed E-state index contributed by atoms with van der Waals surface area (Å²) in [6.07, 6.45) is 3.88. The molecule has 0 bridgehead atoms. The topological polar surface area (TPSA) is 55.6 Å². The van der Waals surface area contributed by atoms with Gasteiger partial charge in [0.25, 0.3) is 5.91 Å². The van der Waals surface area contributed by atoms with Crippen LogP contribution in [0.1, 0.15) is 28.5 Å². The number of aromatic nitrogens is 2. The third-order valence-electron chi connectivity index (χ3n) is 3.59. The Balaban J connectivity index is 1.74. The molecular weight excluding hydrogens is 290 g/mol. The predicted molar refractivity (Wildman–Crippen MR) is 88.7 cm³/mol. The van der Waals surface area contributed by atoms with E-state index < -0.39 is 0 Å². The first-order valence-corrected chi connectivity index (χ1v) is 7.62. The molecular formula is C18H19N3O2. The van der Waals surface area contributed by atoms with Crippen LogP contribution in [0.4, 0.5) is 0 Å². The standard InChI is InChI=1S/C18H19N3O2/c1-3-23-16-9-5-4-8-15(16)18(22)19-11-14-12-21-10-6-7-13(2)17(21)20-14/h4-10,12H,3,11H2,1-2H3,(H,19,22). The molecule has 0 atom stereocenters. The van der Waals surface area contributed by atoms with Crippen LogP contribution < -0.4 is 10.1 Å². The van der Waals surface area contributed by atoms with Crippen LogP contribution in [0.15, 0.2) is 48.8 Å². The van der Waals surface area contributed by atoms with Gasteiger partial charge in [-0.2, -0.15) is 0 Å². The number of amides is 1. The lowest BCUT2D eigenvalue weighted by Crippen LogP contribution is -2.23. The molecule has 2 aromatic heterocycles. The van der Waals surface area contributed by atoms with E-state index in [9.17, 15) is 4.79 Å². The number of benzene rings is 1. The number of imidazole rings is 1. The van der Waals surface area contributed by atoms with Crippen LogP contribution in [0, 0.1) is 6.92 Å². The van der Waals surface area contributed by atoms with Crippen molar-refractivity contribution in [1.29, 1.82) is 0 Å². The Labute approximate surface area is 134 Å². The number of hydrogen-bond acceptors (Lipinski definition) is 3. The highest BCUT2D eigenvalue weighted by molar-refractivity contribution is 5.96. The van der Waals surface area contributed by atoms with E-state index in [0.717, 1.165) is 16.9 Å². The molecule has 0 radical (unpaired) electrons. The van der Waals surface area contributed by atoms with E-state index >= 15 is 0 Å². The minimum absolute atomic E-state index is 0.164. The number of para-hydroxylation sites is 1. The number of carbonyl (C=O) groups excluding carboxylic acids is 1. The monoisotopic (exact) mass is 309 g/mol. The lowest BCUT2D eigenvalue weighted by atomic mass is 10.2. The minimum Gasteiger partial charge on any atom is -0.493 e. The SMILES string of the molecule is CCOc1ccccc1C(=O)NCc1cn2cccc(C)c2n1. The van der Waals surface area contributed by atoms with Crippen LogP contribution in [0.2, 0.25) is 0 Å². The van der Waals surface area contributed by atoms with E-state index in [1.807, 2.05) is 54.9 Å². The van der Waals surface area contributed by atoms with Gasteiger partial charge in [0.05, 0.1) is 24.4 Å². The Kier molecular flexibility index (Phi) is 4.28. The van der Waals surface area contributed by atoms with E-state index in [-0.39, 0.29) is 5.91 Å². The van der Waals surface area contributed by atoms with Gasteiger partial charge >= 0.3 is 0 Å². The van der Waals surface area contributed by atoms with Crippen LogP contribution >= 0.6 is 0 Å². The lowest BCUT2D eigenvalue weighted by Gasteiger charge is -2.09. The van der Waals surface area contributed by atoms with Gasteiger partial charge in [-0.1, -0.05) is 18.2 Å². The normalized spacial score (nSPS) is 10.7. The summed E-state index contributed by atoms with van der Waals surface area (Å²) in [5.74, 6) is 0.432. The first kappa shape index (κ1) is 15.1. The highest BCUT2D eigenvalue weighted by atomic mass is 16.5. The molecule has 0 saturated heterocycles. The molecule has 1 amide bonds. The summed E-state index contributed by atoms with van der Waals surface area (Å²) in [5, 5.41) is 2.90. The van der Waals surface area contributed by atoms with Crippen molar-refractivity contribution in [2.45, 2.75) is 20.4 Å². The Morgan fingerprint density at radius 2 is 2.09 bits per heavy atom. The maximum Gasteiger partial charge on any atom is 0.255 e. The molecule has 0 aliphatic heterocycles. The van der Waals surface area contributed by atoms with Gasteiger partial charge in [-0.15, -0.1) is 0 Å². The van der Waals surface area contributed by atoms with Crippen LogP contribution in [0.3, 0.4) is 0 Å². The number of aryl methyl sites for hydroxylation is 1. The first-order valence-electron chi connectivity index (χ1n) is 7.62. The second kappa shape index (κ2) is 6.52. The zero-order valence-electron chi connectivity index (χ0n) is 13.2. The van der Waals surface area contributed by atoms with Gasteiger partial charge in [0.2, 0.25) is 0 Å². The molecule has 3 rings (SSSR count). The predicted octanol–water partition coefficient (Wildman–Crippen LogP) is 2.97. The third kappa shape index (κ3) is 3.18. The third-order valence-corrected chi connectivity index (χ3v) is 3.59. The zero-order valence-corrected chi connectivity index (χ0v) is 13.2. The van der Waals surface area contributed by atoms with Crippen molar-refractivity contribution >= 4 is 11.6 Å². The molecule has 0 unspecified atom stereocenters. The summed E-state index contributed by atoms with van der Waals surface area (Å²) >= 11 is 0. The number of ether oxygens (including phenoxy) is 1. The van der Waals surface area contributed by atoms with Gasteiger partial charge in [0.1, 0.15) is 11.4 Å². The summed E-state index contributed by atoms with van der Waals surface area (Å²) in [7, 11) is 0. The molecule has 0 spiro atoms. The number of rotatable bonds is 5. The van der Waals surface area contributed by atoms with Crippen molar-refractivity contribution in [3.05, 3.63) is 65.6 Å². The summed E-state index contributed by atoms with van der Waals surface area (Å²) in [5.41, 5.74) is 3.37. The molecule has 0 saturated carbocycles. The van der Waals surface area contributed by atoms with Crippen molar-refractivity contribution in [2.24, 2.45) is 0 Å². The summed E-state index contributed by atoms with van der Waals surface area (Å²) < 4.78 is 7.46. The van der Waals surface area contributed by atoms with Gasteiger partial charge in [-0.05, 0) is 37.6 Å². The number of nitrogens with one attached hydrogen (secondary N) is 1. The van der Waals surface area contributed by atoms with Crippen molar-refractivity contribution in [3.63, 3.8) is 0 Å². The van der Waals surface area contributed by atoms with Gasteiger partial charge in [-0.3, -0.25) is 4.79 Å². The molecule has 0 fully saturated rings. The van der Waals surface area contributed by atoms with Crippen LogP contribution in [-0.4, -0.2) is 21.9 Å². The Morgan fingerprint density at radius 1 is 1.26 bits per heavy atom. The van der Waals surface area contributed by atoms with Crippen molar-refractivity contribution in [2.75, 3.05) is 6.61 Å². The maximum atomic E-state index is 12.4. The maximum absolute atomic E-state index is 12.4. The van der Waals surface area contributed by atoms with Crippen molar-refractivity contribution < 1.29 is 9.53 Å². The molecule has 3 aromatic rings. The quantitative estimate of drug-likeness (QED) is 0.788. The fraction of sp³-hybridized carbons (Fsp3) is 0.222. The van der Waals surface area contributed by atoms with E-state index in [1.165, 1.54) is 0 Å². The second-order valence-corrected chi connectivity index (χ2v) is 5.27. The molecule has 1 aromatic carbocycles. The molecule has 2 heterocycles. The molecule has 118 valence electrons. The van der Waals surface area contributed by atoms with Crippen LogP contribution in [0.5, 0.6) is 5.75 Å². The molecule has 0 aliphatic carbocycles. The Morgan fingerprint density at radius 3 is 2.87 bits per heavy atom. The van der Waals surface area contributed by atoms with Crippen molar-refractivity contribution in [1.82, 2.24) is 14.7 Å². The van der Waals surface area contributed by atoms with Crippen LogP contribution in [-0.2, 0) is 6.54 Å². The summed E-state index contributed by atoms with van der Waals surface area (Å²) in [6.45, 7) is 4.81. The molecule has 5 nitrogen and oxygen atoms in total. The highest BCUT2D eigenvalue weighted by Crippen LogP contribution is 2.18. The summed E-state index contributed by atoms with van der Waals surface area (Å²) in [6, 6.07) is 11.2. The molecule has 0 aliphatic rings. The largest absolute Gasteiger partial charge is 0.493 e. The van der Waals surface area contributed by atoms with Gasteiger partial charge in [-0.25, -0.2) is 4.98 Å². The average Bonchev–Trinajstić information content (AvgIpc) is 2.98. The van der Waals surface area contributed by atoms with Gasteiger partial charge in [0, 0.05) is 12.4 Å². The number of pyridine rings is 1. The number of nitrogens with zero attached hydrogens (tertiary/aromatic N) is 2. The first-order chi connectivity index (χ1) is 11.2.